The van der Waals surface area contributed by atoms with Gasteiger partial charge in [-0.3, -0.25) is 4.79 Å². The molecule has 2 aromatic carbocycles. The van der Waals surface area contributed by atoms with E-state index in [9.17, 15) is 4.79 Å². The largest absolute Gasteiger partial charge is 0.494 e. The third kappa shape index (κ3) is 5.42. The molecule has 0 heterocycles. The molecular formula is C19H24N2O2. The van der Waals surface area contributed by atoms with Gasteiger partial charge in [-0.05, 0) is 41.8 Å². The second-order valence-corrected chi connectivity index (χ2v) is 5.37. The van der Waals surface area contributed by atoms with Crippen LogP contribution in [-0.2, 0) is 13.1 Å². The van der Waals surface area contributed by atoms with E-state index in [1.807, 2.05) is 36.4 Å². The molecule has 0 fully saturated rings. The molecule has 2 aromatic rings. The van der Waals surface area contributed by atoms with Crippen molar-refractivity contribution in [1.29, 1.82) is 0 Å². The van der Waals surface area contributed by atoms with Gasteiger partial charge in [0.05, 0.1) is 6.61 Å². The van der Waals surface area contributed by atoms with Gasteiger partial charge in [-0.2, -0.15) is 0 Å². The predicted molar refractivity (Wildman–Crippen MR) is 92.6 cm³/mol. The molecule has 2 rings (SSSR count). The number of rotatable bonds is 8. The van der Waals surface area contributed by atoms with E-state index >= 15 is 0 Å². The number of hydrogen-bond donors (Lipinski definition) is 2. The molecule has 0 aliphatic carbocycles. The molecule has 0 spiro atoms. The molecule has 122 valence electrons. The number of hydrogen-bond acceptors (Lipinski definition) is 3. The van der Waals surface area contributed by atoms with Gasteiger partial charge < -0.3 is 15.4 Å². The van der Waals surface area contributed by atoms with Gasteiger partial charge in [0.15, 0.2) is 0 Å². The standard InChI is InChI=1S/C19H24N2O2/c1-3-12-23-18-10-6-16(7-11-18)14-21-13-15-4-8-17(9-5-15)19(22)20-2/h4-11,21H,3,12-14H2,1-2H3,(H,20,22). The molecule has 2 N–H and O–H groups in total. The van der Waals surface area contributed by atoms with Crippen molar-refractivity contribution in [3.63, 3.8) is 0 Å². The fourth-order valence-corrected chi connectivity index (χ4v) is 2.19. The second-order valence-electron chi connectivity index (χ2n) is 5.37. The zero-order valence-corrected chi connectivity index (χ0v) is 13.8. The number of benzene rings is 2. The first-order chi connectivity index (χ1) is 11.2. The lowest BCUT2D eigenvalue weighted by Crippen LogP contribution is -2.18. The van der Waals surface area contributed by atoms with Crippen molar-refractivity contribution in [3.8, 4) is 5.75 Å². The highest BCUT2D eigenvalue weighted by molar-refractivity contribution is 5.93. The van der Waals surface area contributed by atoms with Crippen molar-refractivity contribution < 1.29 is 9.53 Å². The Hall–Kier alpha value is -2.33. The summed E-state index contributed by atoms with van der Waals surface area (Å²) in [5.74, 6) is 0.857. The van der Waals surface area contributed by atoms with Crippen LogP contribution >= 0.6 is 0 Å². The highest BCUT2D eigenvalue weighted by Crippen LogP contribution is 2.12. The number of carbonyl (C=O) groups is 1. The maximum Gasteiger partial charge on any atom is 0.251 e. The summed E-state index contributed by atoms with van der Waals surface area (Å²) in [5.41, 5.74) is 3.05. The molecule has 0 bridgehead atoms. The minimum atomic E-state index is -0.0603. The molecular weight excluding hydrogens is 288 g/mol. The molecule has 0 aromatic heterocycles. The van der Waals surface area contributed by atoms with E-state index < -0.39 is 0 Å². The lowest BCUT2D eigenvalue weighted by atomic mass is 10.1. The van der Waals surface area contributed by atoms with E-state index in [0.717, 1.165) is 37.4 Å². The first kappa shape index (κ1) is 17.0. The summed E-state index contributed by atoms with van der Waals surface area (Å²) in [7, 11) is 1.64. The van der Waals surface area contributed by atoms with E-state index in [0.29, 0.717) is 5.56 Å². The summed E-state index contributed by atoms with van der Waals surface area (Å²) in [6, 6.07) is 15.8. The first-order valence-corrected chi connectivity index (χ1v) is 7.96. The maximum atomic E-state index is 11.5. The Morgan fingerprint density at radius 2 is 1.52 bits per heavy atom. The highest BCUT2D eigenvalue weighted by atomic mass is 16.5. The Morgan fingerprint density at radius 3 is 2.04 bits per heavy atom. The van der Waals surface area contributed by atoms with Gasteiger partial charge in [0, 0.05) is 25.7 Å². The van der Waals surface area contributed by atoms with Crippen molar-refractivity contribution >= 4 is 5.91 Å². The summed E-state index contributed by atoms with van der Waals surface area (Å²) >= 11 is 0. The normalized spacial score (nSPS) is 10.3. The molecule has 4 nitrogen and oxygen atoms in total. The minimum absolute atomic E-state index is 0.0603. The molecule has 0 unspecified atom stereocenters. The summed E-state index contributed by atoms with van der Waals surface area (Å²) in [5, 5.41) is 6.02. The second kappa shape index (κ2) is 8.96. The van der Waals surface area contributed by atoms with E-state index in [2.05, 4.69) is 29.7 Å². The quantitative estimate of drug-likeness (QED) is 0.787. The number of nitrogens with one attached hydrogen (secondary N) is 2. The molecule has 0 atom stereocenters. The van der Waals surface area contributed by atoms with Crippen LogP contribution < -0.4 is 15.4 Å². The maximum absolute atomic E-state index is 11.5. The van der Waals surface area contributed by atoms with Crippen molar-refractivity contribution in [1.82, 2.24) is 10.6 Å². The fraction of sp³-hybridized carbons (Fsp3) is 0.316. The lowest BCUT2D eigenvalue weighted by Gasteiger charge is -2.08. The van der Waals surface area contributed by atoms with Gasteiger partial charge in [0.2, 0.25) is 0 Å². The zero-order chi connectivity index (χ0) is 16.5. The van der Waals surface area contributed by atoms with Gasteiger partial charge >= 0.3 is 0 Å². The van der Waals surface area contributed by atoms with Crippen LogP contribution in [0.1, 0.15) is 34.8 Å². The third-order valence-corrected chi connectivity index (χ3v) is 3.50. The molecule has 0 saturated heterocycles. The molecule has 23 heavy (non-hydrogen) atoms. The average Bonchev–Trinajstić information content (AvgIpc) is 2.61. The Morgan fingerprint density at radius 1 is 0.957 bits per heavy atom. The fourth-order valence-electron chi connectivity index (χ4n) is 2.19. The average molecular weight is 312 g/mol. The van der Waals surface area contributed by atoms with Crippen LogP contribution in [0.4, 0.5) is 0 Å². The Kier molecular flexibility index (Phi) is 6.63. The summed E-state index contributed by atoms with van der Waals surface area (Å²) < 4.78 is 5.57. The van der Waals surface area contributed by atoms with Crippen LogP contribution in [0.3, 0.4) is 0 Å². The smallest absolute Gasteiger partial charge is 0.251 e. The van der Waals surface area contributed by atoms with Gasteiger partial charge in [0.25, 0.3) is 5.91 Å². The third-order valence-electron chi connectivity index (χ3n) is 3.50. The van der Waals surface area contributed by atoms with E-state index in [-0.39, 0.29) is 5.91 Å². The van der Waals surface area contributed by atoms with Crippen LogP contribution in [0.25, 0.3) is 0 Å². The van der Waals surface area contributed by atoms with E-state index in [4.69, 9.17) is 4.74 Å². The number of amides is 1. The minimum Gasteiger partial charge on any atom is -0.494 e. The van der Waals surface area contributed by atoms with Crippen LogP contribution in [0, 0.1) is 0 Å². The van der Waals surface area contributed by atoms with Crippen LogP contribution in [-0.4, -0.2) is 19.6 Å². The molecule has 0 aliphatic rings. The van der Waals surface area contributed by atoms with Gasteiger partial charge in [-0.1, -0.05) is 31.2 Å². The Labute approximate surface area is 137 Å². The highest BCUT2D eigenvalue weighted by Gasteiger charge is 2.02. The number of carbonyl (C=O) groups excluding carboxylic acids is 1. The van der Waals surface area contributed by atoms with Crippen molar-refractivity contribution in [2.24, 2.45) is 0 Å². The topological polar surface area (TPSA) is 50.4 Å². The molecule has 4 heteroatoms. The lowest BCUT2D eigenvalue weighted by molar-refractivity contribution is 0.0963. The van der Waals surface area contributed by atoms with Gasteiger partial charge in [-0.25, -0.2) is 0 Å². The molecule has 0 saturated carbocycles. The van der Waals surface area contributed by atoms with Crippen LogP contribution in [0.15, 0.2) is 48.5 Å². The Bertz CT molecular complexity index is 606. The molecule has 0 aliphatic heterocycles. The summed E-state index contributed by atoms with van der Waals surface area (Å²) in [4.78, 5) is 11.5. The molecule has 1 amide bonds. The van der Waals surface area contributed by atoms with Crippen LogP contribution in [0.2, 0.25) is 0 Å². The van der Waals surface area contributed by atoms with E-state index in [1.165, 1.54) is 5.56 Å². The van der Waals surface area contributed by atoms with Gasteiger partial charge in [-0.15, -0.1) is 0 Å². The van der Waals surface area contributed by atoms with Crippen LogP contribution in [0.5, 0.6) is 5.75 Å². The van der Waals surface area contributed by atoms with Crippen molar-refractivity contribution in [2.45, 2.75) is 26.4 Å². The van der Waals surface area contributed by atoms with Crippen molar-refractivity contribution in [3.05, 3.63) is 65.2 Å². The Balaban J connectivity index is 1.79. The SMILES string of the molecule is CCCOc1ccc(CNCc2ccc(C(=O)NC)cc2)cc1. The monoisotopic (exact) mass is 312 g/mol. The zero-order valence-electron chi connectivity index (χ0n) is 13.8. The number of ether oxygens (including phenoxy) is 1. The van der Waals surface area contributed by atoms with E-state index in [1.54, 1.807) is 7.05 Å². The summed E-state index contributed by atoms with van der Waals surface area (Å²) in [6.07, 6.45) is 1.02. The van der Waals surface area contributed by atoms with Crippen molar-refractivity contribution in [2.75, 3.05) is 13.7 Å². The summed E-state index contributed by atoms with van der Waals surface area (Å²) in [6.45, 7) is 4.41. The van der Waals surface area contributed by atoms with Gasteiger partial charge in [0.1, 0.15) is 5.75 Å². The first-order valence-electron chi connectivity index (χ1n) is 7.96. The molecule has 0 radical (unpaired) electrons. The predicted octanol–water partition coefficient (Wildman–Crippen LogP) is 3.12.